The fourth-order valence-electron chi connectivity index (χ4n) is 4.18. The van der Waals surface area contributed by atoms with Crippen molar-refractivity contribution in [2.45, 2.75) is 32.6 Å². The Morgan fingerprint density at radius 1 is 1.24 bits per heavy atom. The maximum atomic E-state index is 13.4. The van der Waals surface area contributed by atoms with E-state index in [2.05, 4.69) is 51.8 Å². The highest BCUT2D eigenvalue weighted by Gasteiger charge is 2.45. The number of benzene rings is 1. The van der Waals surface area contributed by atoms with E-state index >= 15 is 0 Å². The SMILES string of the molecule is CC1(C)CC(=O)C2=C(C1)N(c1cccc(Br)c1)C(N)=C(C#N)C2c1cc(Br)cs1. The summed E-state index contributed by atoms with van der Waals surface area (Å²) in [5.74, 6) is 0.0636. The number of ketones is 1. The number of carbonyl (C=O) groups excluding carboxylic acids is 1. The standard InChI is InChI=1S/C22H19Br2N3OS/c1-22(2)8-16-20(17(28)9-22)19(18-7-13(24)11-29-18)15(10-25)21(26)27(16)14-5-3-4-12(23)6-14/h3-7,11,19H,8-9,26H2,1-2H3. The molecular weight excluding hydrogens is 514 g/mol. The number of anilines is 1. The van der Waals surface area contributed by atoms with Gasteiger partial charge in [0.1, 0.15) is 5.82 Å². The Hall–Kier alpha value is -1.88. The van der Waals surface area contributed by atoms with Gasteiger partial charge in [-0.3, -0.25) is 9.69 Å². The fraction of sp³-hybridized carbons (Fsp3) is 0.273. The molecule has 0 radical (unpaired) electrons. The molecule has 0 amide bonds. The number of allylic oxidation sites excluding steroid dienone is 3. The van der Waals surface area contributed by atoms with Crippen molar-refractivity contribution in [1.29, 1.82) is 5.26 Å². The molecule has 148 valence electrons. The van der Waals surface area contributed by atoms with E-state index in [1.165, 1.54) is 11.3 Å². The molecule has 0 bridgehead atoms. The maximum absolute atomic E-state index is 13.4. The second-order valence-corrected chi connectivity index (χ2v) is 10.9. The summed E-state index contributed by atoms with van der Waals surface area (Å²) in [5, 5.41) is 12.0. The highest BCUT2D eigenvalue weighted by atomic mass is 79.9. The largest absolute Gasteiger partial charge is 0.384 e. The monoisotopic (exact) mass is 531 g/mol. The van der Waals surface area contributed by atoms with Crippen LogP contribution in [-0.4, -0.2) is 5.78 Å². The van der Waals surface area contributed by atoms with E-state index in [1.54, 1.807) is 0 Å². The van der Waals surface area contributed by atoms with Crippen molar-refractivity contribution in [2.24, 2.45) is 11.1 Å². The highest BCUT2D eigenvalue weighted by Crippen LogP contribution is 2.51. The number of nitrogens with zero attached hydrogens (tertiary/aromatic N) is 2. The van der Waals surface area contributed by atoms with E-state index in [0.29, 0.717) is 29.8 Å². The molecule has 0 saturated heterocycles. The lowest BCUT2D eigenvalue weighted by Gasteiger charge is -2.43. The first-order chi connectivity index (χ1) is 13.7. The maximum Gasteiger partial charge on any atom is 0.162 e. The van der Waals surface area contributed by atoms with Crippen molar-refractivity contribution < 1.29 is 4.79 Å². The Morgan fingerprint density at radius 2 is 2.00 bits per heavy atom. The van der Waals surface area contributed by atoms with Gasteiger partial charge in [-0.1, -0.05) is 35.8 Å². The number of carbonyl (C=O) groups is 1. The molecule has 0 fully saturated rings. The molecular formula is C22H19Br2N3OS. The van der Waals surface area contributed by atoms with E-state index in [1.807, 2.05) is 40.6 Å². The Bertz CT molecular complexity index is 1120. The molecule has 0 saturated carbocycles. The minimum Gasteiger partial charge on any atom is -0.384 e. The van der Waals surface area contributed by atoms with Gasteiger partial charge < -0.3 is 5.73 Å². The van der Waals surface area contributed by atoms with Gasteiger partial charge in [0.25, 0.3) is 0 Å². The zero-order chi connectivity index (χ0) is 20.9. The van der Waals surface area contributed by atoms with Crippen LogP contribution in [-0.2, 0) is 4.79 Å². The highest BCUT2D eigenvalue weighted by molar-refractivity contribution is 9.10. The van der Waals surface area contributed by atoms with Gasteiger partial charge in [-0.2, -0.15) is 5.26 Å². The molecule has 7 heteroatoms. The molecule has 2 N–H and O–H groups in total. The van der Waals surface area contributed by atoms with Crippen LogP contribution in [0.15, 0.2) is 67.3 Å². The zero-order valence-corrected chi connectivity index (χ0v) is 20.0. The Morgan fingerprint density at radius 3 is 2.62 bits per heavy atom. The van der Waals surface area contributed by atoms with Crippen LogP contribution in [0.25, 0.3) is 0 Å². The van der Waals surface area contributed by atoms with Crippen LogP contribution >= 0.6 is 43.2 Å². The summed E-state index contributed by atoms with van der Waals surface area (Å²) in [5.41, 5.74) is 9.29. The Labute approximate surface area is 191 Å². The number of halogens is 2. The van der Waals surface area contributed by atoms with Gasteiger partial charge in [0, 0.05) is 42.6 Å². The third kappa shape index (κ3) is 3.58. The number of nitrogens with two attached hydrogens (primary N) is 1. The van der Waals surface area contributed by atoms with Crippen LogP contribution < -0.4 is 10.6 Å². The molecule has 0 spiro atoms. The smallest absolute Gasteiger partial charge is 0.162 e. The van der Waals surface area contributed by atoms with Crippen molar-refractivity contribution in [1.82, 2.24) is 0 Å². The molecule has 1 aromatic heterocycles. The Kier molecular flexibility index (Phi) is 5.22. The molecule has 1 aliphatic carbocycles. The summed E-state index contributed by atoms with van der Waals surface area (Å²) in [6.45, 7) is 4.20. The second kappa shape index (κ2) is 7.42. The van der Waals surface area contributed by atoms with Crippen molar-refractivity contribution in [3.8, 4) is 6.07 Å². The number of thiophene rings is 1. The molecule has 4 nitrogen and oxygen atoms in total. The second-order valence-electron chi connectivity index (χ2n) is 8.13. The van der Waals surface area contributed by atoms with E-state index in [4.69, 9.17) is 5.73 Å². The minimum atomic E-state index is -0.418. The van der Waals surface area contributed by atoms with E-state index in [-0.39, 0.29) is 11.2 Å². The first kappa shape index (κ1) is 20.4. The van der Waals surface area contributed by atoms with Crippen molar-refractivity contribution in [3.05, 3.63) is 72.2 Å². The van der Waals surface area contributed by atoms with Crippen LogP contribution in [0.2, 0.25) is 0 Å². The topological polar surface area (TPSA) is 70.1 Å². The van der Waals surface area contributed by atoms with Gasteiger partial charge in [-0.25, -0.2) is 0 Å². The lowest BCUT2D eigenvalue weighted by molar-refractivity contribution is -0.118. The quantitative estimate of drug-likeness (QED) is 0.498. The van der Waals surface area contributed by atoms with Crippen LogP contribution in [0.3, 0.4) is 0 Å². The zero-order valence-electron chi connectivity index (χ0n) is 16.0. The van der Waals surface area contributed by atoms with Crippen LogP contribution in [0.1, 0.15) is 37.5 Å². The number of hydrogen-bond acceptors (Lipinski definition) is 5. The van der Waals surface area contributed by atoms with Crippen molar-refractivity contribution in [3.63, 3.8) is 0 Å². The summed E-state index contributed by atoms with van der Waals surface area (Å²) < 4.78 is 1.85. The predicted octanol–water partition coefficient (Wildman–Crippen LogP) is 6.21. The summed E-state index contributed by atoms with van der Waals surface area (Å²) in [6.07, 6.45) is 1.17. The molecule has 2 heterocycles. The van der Waals surface area contributed by atoms with Gasteiger partial charge >= 0.3 is 0 Å². The minimum absolute atomic E-state index is 0.0889. The number of Topliss-reactive ketones (excluding diaryl/α,β-unsaturated/α-hetero) is 1. The molecule has 2 aromatic rings. The lowest BCUT2D eigenvalue weighted by atomic mass is 9.69. The molecule has 4 rings (SSSR count). The van der Waals surface area contributed by atoms with E-state index < -0.39 is 5.92 Å². The van der Waals surface area contributed by atoms with Crippen molar-refractivity contribution >= 4 is 54.7 Å². The van der Waals surface area contributed by atoms with Gasteiger partial charge in [0.05, 0.1) is 17.6 Å². The van der Waals surface area contributed by atoms with Crippen LogP contribution in [0, 0.1) is 16.7 Å². The molecule has 1 atom stereocenters. The van der Waals surface area contributed by atoms with Gasteiger partial charge in [-0.05, 0) is 52.0 Å². The first-order valence-electron chi connectivity index (χ1n) is 9.17. The van der Waals surface area contributed by atoms with Crippen LogP contribution in [0.5, 0.6) is 0 Å². The third-order valence-corrected chi connectivity index (χ3v) is 7.57. The molecule has 1 aliphatic heterocycles. The molecule has 2 aliphatic rings. The summed E-state index contributed by atoms with van der Waals surface area (Å²) >= 11 is 8.55. The van der Waals surface area contributed by atoms with Gasteiger partial charge in [0.2, 0.25) is 0 Å². The van der Waals surface area contributed by atoms with E-state index in [9.17, 15) is 10.1 Å². The fourth-order valence-corrected chi connectivity index (χ4v) is 6.13. The first-order valence-corrected chi connectivity index (χ1v) is 11.6. The Balaban J connectivity index is 2.00. The molecule has 1 aromatic carbocycles. The van der Waals surface area contributed by atoms with Gasteiger partial charge in [-0.15, -0.1) is 11.3 Å². The summed E-state index contributed by atoms with van der Waals surface area (Å²) in [6, 6.07) is 12.1. The number of rotatable bonds is 2. The van der Waals surface area contributed by atoms with Crippen molar-refractivity contribution in [2.75, 3.05) is 4.90 Å². The van der Waals surface area contributed by atoms with Gasteiger partial charge in [0.15, 0.2) is 5.78 Å². The average molecular weight is 533 g/mol. The predicted molar refractivity (Wildman–Crippen MR) is 123 cm³/mol. The number of nitriles is 1. The molecule has 29 heavy (non-hydrogen) atoms. The van der Waals surface area contributed by atoms with E-state index in [0.717, 1.165) is 25.2 Å². The van der Waals surface area contributed by atoms with Crippen LogP contribution in [0.4, 0.5) is 5.69 Å². The number of hydrogen-bond donors (Lipinski definition) is 1. The molecule has 1 unspecified atom stereocenters. The average Bonchev–Trinajstić information content (AvgIpc) is 3.05. The summed E-state index contributed by atoms with van der Waals surface area (Å²) in [7, 11) is 0. The normalized spacial score (nSPS) is 21.3. The summed E-state index contributed by atoms with van der Waals surface area (Å²) in [4.78, 5) is 16.2. The lowest BCUT2D eigenvalue weighted by Crippen LogP contribution is -2.42. The third-order valence-electron chi connectivity index (χ3n) is 5.32.